The van der Waals surface area contributed by atoms with Crippen LogP contribution in [0.4, 0.5) is 0 Å². The van der Waals surface area contributed by atoms with Crippen molar-refractivity contribution in [3.63, 3.8) is 0 Å². The summed E-state index contributed by atoms with van der Waals surface area (Å²) in [6, 6.07) is 6.34. The van der Waals surface area contributed by atoms with Crippen LogP contribution in [0.5, 0.6) is 0 Å². The van der Waals surface area contributed by atoms with Crippen LogP contribution in [0, 0.1) is 0 Å². The predicted octanol–water partition coefficient (Wildman–Crippen LogP) is 0.993. The lowest BCUT2D eigenvalue weighted by molar-refractivity contribution is -0.133. The fourth-order valence-corrected chi connectivity index (χ4v) is 5.07. The molecule has 28 heavy (non-hydrogen) atoms. The number of halogens is 1. The Morgan fingerprint density at radius 3 is 2.57 bits per heavy atom. The Morgan fingerprint density at radius 1 is 1.25 bits per heavy atom. The van der Waals surface area contributed by atoms with E-state index < -0.39 is 16.1 Å². The van der Waals surface area contributed by atoms with E-state index in [1.54, 1.807) is 47.0 Å². The first-order chi connectivity index (χ1) is 13.3. The summed E-state index contributed by atoms with van der Waals surface area (Å²) in [5.74, 6) is 0.530. The van der Waals surface area contributed by atoms with E-state index in [-0.39, 0.29) is 35.5 Å². The maximum atomic E-state index is 12.8. The summed E-state index contributed by atoms with van der Waals surface area (Å²) >= 11 is 6.04. The first kappa shape index (κ1) is 20.8. The van der Waals surface area contributed by atoms with Gasteiger partial charge in [-0.3, -0.25) is 4.79 Å². The molecule has 0 spiro atoms. The largest absolute Gasteiger partial charge is 0.393 e. The van der Waals surface area contributed by atoms with E-state index in [4.69, 9.17) is 11.6 Å². The van der Waals surface area contributed by atoms with E-state index >= 15 is 0 Å². The zero-order valence-electron chi connectivity index (χ0n) is 15.5. The molecule has 0 radical (unpaired) electrons. The molecule has 1 unspecified atom stereocenters. The van der Waals surface area contributed by atoms with Crippen LogP contribution < -0.4 is 0 Å². The molecule has 10 heteroatoms. The Labute approximate surface area is 169 Å². The molecule has 1 saturated heterocycles. The SMILES string of the molecule is CC(O)Cc1nccn1CC(=O)N1CCN(S(=O)(=O)c2ccccc2Cl)CC1. The van der Waals surface area contributed by atoms with Crippen molar-refractivity contribution < 1.29 is 18.3 Å². The number of carbonyl (C=O) groups excluding carboxylic acids is 1. The third-order valence-corrected chi connectivity index (χ3v) is 7.03. The number of benzene rings is 1. The van der Waals surface area contributed by atoms with Gasteiger partial charge in [0.05, 0.1) is 11.1 Å². The highest BCUT2D eigenvalue weighted by atomic mass is 35.5. The highest BCUT2D eigenvalue weighted by Gasteiger charge is 2.31. The van der Waals surface area contributed by atoms with Gasteiger partial charge in [0.2, 0.25) is 15.9 Å². The van der Waals surface area contributed by atoms with Crippen LogP contribution in [0.15, 0.2) is 41.6 Å². The molecule has 1 aromatic carbocycles. The van der Waals surface area contributed by atoms with Crippen molar-refractivity contribution in [2.75, 3.05) is 26.2 Å². The summed E-state index contributed by atoms with van der Waals surface area (Å²) in [4.78, 5) is 18.5. The number of aromatic nitrogens is 2. The van der Waals surface area contributed by atoms with Gasteiger partial charge in [0, 0.05) is 45.0 Å². The Bertz CT molecular complexity index is 937. The minimum absolute atomic E-state index is 0.0811. The standard InChI is InChI=1S/C18H23ClN4O4S/c1-14(24)12-17-20-6-7-22(17)13-18(25)21-8-10-23(11-9-21)28(26,27)16-5-3-2-4-15(16)19/h2-7,14,24H,8-13H2,1H3. The van der Waals surface area contributed by atoms with Crippen molar-refractivity contribution in [3.05, 3.63) is 47.5 Å². The van der Waals surface area contributed by atoms with Crippen molar-refractivity contribution in [1.29, 1.82) is 0 Å². The van der Waals surface area contributed by atoms with Gasteiger partial charge in [0.15, 0.2) is 0 Å². The molecular formula is C18H23ClN4O4S. The van der Waals surface area contributed by atoms with Gasteiger partial charge in [-0.25, -0.2) is 13.4 Å². The Hall–Kier alpha value is -1.94. The highest BCUT2D eigenvalue weighted by Crippen LogP contribution is 2.25. The molecule has 1 aliphatic heterocycles. The zero-order chi connectivity index (χ0) is 20.3. The lowest BCUT2D eigenvalue weighted by Crippen LogP contribution is -2.51. The minimum Gasteiger partial charge on any atom is -0.393 e. The number of aliphatic hydroxyl groups is 1. The van der Waals surface area contributed by atoms with E-state index in [1.165, 1.54) is 10.4 Å². The average molecular weight is 427 g/mol. The summed E-state index contributed by atoms with van der Waals surface area (Å²) < 4.78 is 28.6. The molecule has 1 aromatic heterocycles. The Balaban J connectivity index is 1.62. The van der Waals surface area contributed by atoms with E-state index in [2.05, 4.69) is 4.98 Å². The fraction of sp³-hybridized carbons (Fsp3) is 0.444. The van der Waals surface area contributed by atoms with Gasteiger partial charge in [-0.1, -0.05) is 23.7 Å². The van der Waals surface area contributed by atoms with Crippen LogP contribution in [-0.4, -0.2) is 70.5 Å². The van der Waals surface area contributed by atoms with E-state index in [1.807, 2.05) is 0 Å². The van der Waals surface area contributed by atoms with Crippen molar-refractivity contribution in [1.82, 2.24) is 18.8 Å². The number of hydrogen-bond acceptors (Lipinski definition) is 5. The van der Waals surface area contributed by atoms with Crippen LogP contribution in [0.25, 0.3) is 0 Å². The summed E-state index contributed by atoms with van der Waals surface area (Å²) in [6.07, 6.45) is 3.12. The third kappa shape index (κ3) is 4.54. The molecule has 152 valence electrons. The van der Waals surface area contributed by atoms with Crippen molar-refractivity contribution in [2.24, 2.45) is 0 Å². The number of rotatable bonds is 6. The van der Waals surface area contributed by atoms with Gasteiger partial charge >= 0.3 is 0 Å². The molecule has 1 N–H and O–H groups in total. The highest BCUT2D eigenvalue weighted by molar-refractivity contribution is 7.89. The lowest BCUT2D eigenvalue weighted by Gasteiger charge is -2.34. The maximum absolute atomic E-state index is 12.8. The van der Waals surface area contributed by atoms with Gasteiger partial charge in [0.1, 0.15) is 17.3 Å². The number of carbonyl (C=O) groups is 1. The summed E-state index contributed by atoms with van der Waals surface area (Å²) in [7, 11) is -3.69. The van der Waals surface area contributed by atoms with Crippen molar-refractivity contribution >= 4 is 27.5 Å². The molecule has 1 aliphatic rings. The molecule has 1 amide bonds. The van der Waals surface area contributed by atoms with E-state index in [9.17, 15) is 18.3 Å². The molecule has 0 aliphatic carbocycles. The summed E-state index contributed by atoms with van der Waals surface area (Å²) in [5, 5.41) is 9.72. The van der Waals surface area contributed by atoms with Gasteiger partial charge in [-0.15, -0.1) is 0 Å². The van der Waals surface area contributed by atoms with Crippen LogP contribution in [-0.2, 0) is 27.8 Å². The van der Waals surface area contributed by atoms with E-state index in [0.29, 0.717) is 25.3 Å². The number of piperazine rings is 1. The van der Waals surface area contributed by atoms with Gasteiger partial charge < -0.3 is 14.6 Å². The first-order valence-corrected chi connectivity index (χ1v) is 10.8. The summed E-state index contributed by atoms with van der Waals surface area (Å²) in [5.41, 5.74) is 0. The Morgan fingerprint density at radius 2 is 1.93 bits per heavy atom. The number of imidazole rings is 1. The molecule has 3 rings (SSSR count). The van der Waals surface area contributed by atoms with Crippen molar-refractivity contribution in [3.8, 4) is 0 Å². The molecule has 2 heterocycles. The Kier molecular flexibility index (Phi) is 6.39. The van der Waals surface area contributed by atoms with Gasteiger partial charge in [-0.05, 0) is 19.1 Å². The number of aliphatic hydroxyl groups excluding tert-OH is 1. The molecule has 1 atom stereocenters. The lowest BCUT2D eigenvalue weighted by atomic mass is 10.2. The monoisotopic (exact) mass is 426 g/mol. The topological polar surface area (TPSA) is 95.7 Å². The number of nitrogens with zero attached hydrogens (tertiary/aromatic N) is 4. The van der Waals surface area contributed by atoms with Crippen LogP contribution in [0.3, 0.4) is 0 Å². The van der Waals surface area contributed by atoms with Gasteiger partial charge in [-0.2, -0.15) is 4.31 Å². The number of amides is 1. The average Bonchev–Trinajstić information content (AvgIpc) is 3.08. The number of hydrogen-bond donors (Lipinski definition) is 1. The normalized spacial score (nSPS) is 16.9. The quantitative estimate of drug-likeness (QED) is 0.743. The molecule has 0 saturated carbocycles. The molecule has 2 aromatic rings. The summed E-state index contributed by atoms with van der Waals surface area (Å²) in [6.45, 7) is 2.82. The second-order valence-corrected chi connectivity index (χ2v) is 9.05. The third-order valence-electron chi connectivity index (χ3n) is 4.63. The first-order valence-electron chi connectivity index (χ1n) is 8.99. The van der Waals surface area contributed by atoms with Gasteiger partial charge in [0.25, 0.3) is 0 Å². The fourth-order valence-electron chi connectivity index (χ4n) is 3.15. The van der Waals surface area contributed by atoms with Crippen LogP contribution >= 0.6 is 11.6 Å². The predicted molar refractivity (Wildman–Crippen MR) is 104 cm³/mol. The van der Waals surface area contributed by atoms with Crippen LogP contribution in [0.1, 0.15) is 12.7 Å². The van der Waals surface area contributed by atoms with Crippen LogP contribution in [0.2, 0.25) is 5.02 Å². The second-order valence-electron chi connectivity index (χ2n) is 6.74. The smallest absolute Gasteiger partial charge is 0.244 e. The maximum Gasteiger partial charge on any atom is 0.244 e. The molecule has 0 bridgehead atoms. The molecular weight excluding hydrogens is 404 g/mol. The van der Waals surface area contributed by atoms with Crippen molar-refractivity contribution in [2.45, 2.75) is 30.9 Å². The number of sulfonamides is 1. The zero-order valence-corrected chi connectivity index (χ0v) is 17.1. The molecule has 1 fully saturated rings. The molecule has 8 nitrogen and oxygen atoms in total. The second kappa shape index (κ2) is 8.60. The minimum atomic E-state index is -3.69. The van der Waals surface area contributed by atoms with E-state index in [0.717, 1.165) is 0 Å².